The van der Waals surface area contributed by atoms with E-state index in [-0.39, 0.29) is 5.69 Å². The molecular formula is C10H12ClN5OS. The first-order valence-corrected chi connectivity index (χ1v) is 6.66. The molecule has 0 fully saturated rings. The van der Waals surface area contributed by atoms with Crippen molar-refractivity contribution in [3.63, 3.8) is 0 Å². The van der Waals surface area contributed by atoms with Crippen LogP contribution >= 0.6 is 22.9 Å². The molecule has 2 aromatic heterocycles. The van der Waals surface area contributed by atoms with Gasteiger partial charge in [-0.15, -0.1) is 10.2 Å². The van der Waals surface area contributed by atoms with E-state index in [0.29, 0.717) is 11.6 Å². The number of anilines is 1. The van der Waals surface area contributed by atoms with Crippen molar-refractivity contribution in [2.45, 2.75) is 19.9 Å². The Morgan fingerprint density at radius 2 is 2.33 bits per heavy atom. The van der Waals surface area contributed by atoms with Crippen LogP contribution in [0.25, 0.3) is 0 Å². The zero-order chi connectivity index (χ0) is 13.0. The summed E-state index contributed by atoms with van der Waals surface area (Å²) in [4.78, 5) is 15.1. The molecule has 18 heavy (non-hydrogen) atoms. The van der Waals surface area contributed by atoms with Gasteiger partial charge in [0.05, 0.1) is 17.8 Å². The summed E-state index contributed by atoms with van der Waals surface area (Å²) in [6.07, 6.45) is 3.89. The van der Waals surface area contributed by atoms with Crippen molar-refractivity contribution in [1.29, 1.82) is 0 Å². The number of hydrogen-bond acceptors (Lipinski definition) is 6. The van der Waals surface area contributed by atoms with Crippen LogP contribution in [-0.2, 0) is 6.54 Å². The molecular weight excluding hydrogens is 274 g/mol. The molecule has 0 atom stereocenters. The summed E-state index contributed by atoms with van der Waals surface area (Å²) in [6.45, 7) is 3.26. The van der Waals surface area contributed by atoms with Crippen molar-refractivity contribution in [3.05, 3.63) is 32.9 Å². The van der Waals surface area contributed by atoms with Gasteiger partial charge < -0.3 is 5.32 Å². The fourth-order valence-corrected chi connectivity index (χ4v) is 2.24. The second-order valence-electron chi connectivity index (χ2n) is 3.61. The highest BCUT2D eigenvalue weighted by Gasteiger charge is 2.06. The molecule has 0 bridgehead atoms. The van der Waals surface area contributed by atoms with Crippen molar-refractivity contribution in [3.8, 4) is 0 Å². The summed E-state index contributed by atoms with van der Waals surface area (Å²) in [5.74, 6) is 0. The Hall–Kier alpha value is -1.47. The van der Waals surface area contributed by atoms with Crippen molar-refractivity contribution in [1.82, 2.24) is 19.7 Å². The molecule has 0 aromatic carbocycles. The molecule has 0 spiro atoms. The SMILES string of the molecule is CCCNc1nnc(Cn2cc(Cl)cnc2=O)s1. The maximum absolute atomic E-state index is 11.5. The largest absolute Gasteiger partial charge is 0.360 e. The quantitative estimate of drug-likeness (QED) is 0.904. The zero-order valence-corrected chi connectivity index (χ0v) is 11.3. The third-order valence-corrected chi connectivity index (χ3v) is 3.18. The van der Waals surface area contributed by atoms with E-state index in [2.05, 4.69) is 27.4 Å². The number of nitrogens with one attached hydrogen (secondary N) is 1. The number of rotatable bonds is 5. The smallest absolute Gasteiger partial charge is 0.347 e. The maximum Gasteiger partial charge on any atom is 0.347 e. The molecule has 2 heterocycles. The third-order valence-electron chi connectivity index (χ3n) is 2.12. The van der Waals surface area contributed by atoms with Gasteiger partial charge in [0.25, 0.3) is 0 Å². The van der Waals surface area contributed by atoms with Gasteiger partial charge >= 0.3 is 5.69 Å². The molecule has 0 saturated heterocycles. The number of halogens is 1. The van der Waals surface area contributed by atoms with E-state index in [0.717, 1.165) is 23.1 Å². The molecule has 0 aliphatic rings. The van der Waals surface area contributed by atoms with Crippen LogP contribution in [0.4, 0.5) is 5.13 Å². The molecule has 2 aromatic rings. The Balaban J connectivity index is 2.11. The molecule has 96 valence electrons. The second-order valence-corrected chi connectivity index (χ2v) is 5.11. The van der Waals surface area contributed by atoms with Crippen LogP contribution in [-0.4, -0.2) is 26.3 Å². The van der Waals surface area contributed by atoms with E-state index < -0.39 is 0 Å². The Labute approximate surface area is 113 Å². The van der Waals surface area contributed by atoms with Gasteiger partial charge in [0.15, 0.2) is 0 Å². The van der Waals surface area contributed by atoms with Crippen LogP contribution in [0.15, 0.2) is 17.2 Å². The lowest BCUT2D eigenvalue weighted by Crippen LogP contribution is -2.22. The number of nitrogens with zero attached hydrogens (tertiary/aromatic N) is 4. The summed E-state index contributed by atoms with van der Waals surface area (Å²) in [5, 5.41) is 13.1. The van der Waals surface area contributed by atoms with Gasteiger partial charge in [-0.05, 0) is 6.42 Å². The summed E-state index contributed by atoms with van der Waals surface area (Å²) in [5.41, 5.74) is -0.349. The average molecular weight is 286 g/mol. The highest BCUT2D eigenvalue weighted by Crippen LogP contribution is 2.15. The monoisotopic (exact) mass is 285 g/mol. The summed E-state index contributed by atoms with van der Waals surface area (Å²) in [7, 11) is 0. The number of hydrogen-bond donors (Lipinski definition) is 1. The van der Waals surface area contributed by atoms with E-state index in [1.165, 1.54) is 28.3 Å². The Bertz CT molecular complexity index is 582. The number of aromatic nitrogens is 4. The van der Waals surface area contributed by atoms with Gasteiger partial charge in [0, 0.05) is 12.7 Å². The minimum absolute atomic E-state index is 0.331. The van der Waals surface area contributed by atoms with Crippen LogP contribution < -0.4 is 11.0 Å². The minimum Gasteiger partial charge on any atom is -0.360 e. The standard InChI is InChI=1S/C10H12ClN5OS/c1-2-3-12-9-15-14-8(18-9)6-16-5-7(11)4-13-10(16)17/h4-5H,2-3,6H2,1H3,(H,12,15). The van der Waals surface area contributed by atoms with Crippen molar-refractivity contribution in [2.75, 3.05) is 11.9 Å². The lowest BCUT2D eigenvalue weighted by molar-refractivity contribution is 0.715. The second kappa shape index (κ2) is 5.92. The lowest BCUT2D eigenvalue weighted by atomic mass is 10.5. The molecule has 0 aliphatic heterocycles. The van der Waals surface area contributed by atoms with Crippen LogP contribution in [0.1, 0.15) is 18.4 Å². The predicted molar refractivity (Wildman–Crippen MR) is 71.3 cm³/mol. The minimum atomic E-state index is -0.349. The Kier molecular flexibility index (Phi) is 4.27. The molecule has 8 heteroatoms. The van der Waals surface area contributed by atoms with Gasteiger partial charge in [-0.1, -0.05) is 29.9 Å². The first-order chi connectivity index (χ1) is 8.69. The molecule has 6 nitrogen and oxygen atoms in total. The normalized spacial score (nSPS) is 10.6. The van der Waals surface area contributed by atoms with Gasteiger partial charge in [-0.3, -0.25) is 4.57 Å². The summed E-state index contributed by atoms with van der Waals surface area (Å²) >= 11 is 7.21. The van der Waals surface area contributed by atoms with E-state index in [4.69, 9.17) is 11.6 Å². The average Bonchev–Trinajstić information content (AvgIpc) is 2.79. The topological polar surface area (TPSA) is 72.7 Å². The maximum atomic E-state index is 11.5. The highest BCUT2D eigenvalue weighted by atomic mass is 35.5. The fourth-order valence-electron chi connectivity index (χ4n) is 1.31. The Morgan fingerprint density at radius 3 is 3.11 bits per heavy atom. The first-order valence-electron chi connectivity index (χ1n) is 5.47. The van der Waals surface area contributed by atoms with Gasteiger partial charge in [0.1, 0.15) is 5.01 Å². The van der Waals surface area contributed by atoms with E-state index in [9.17, 15) is 4.79 Å². The molecule has 0 unspecified atom stereocenters. The van der Waals surface area contributed by atoms with Gasteiger partial charge in [-0.2, -0.15) is 0 Å². The van der Waals surface area contributed by atoms with E-state index >= 15 is 0 Å². The summed E-state index contributed by atoms with van der Waals surface area (Å²) < 4.78 is 1.41. The molecule has 2 rings (SSSR count). The Morgan fingerprint density at radius 1 is 1.50 bits per heavy atom. The molecule has 1 N–H and O–H groups in total. The van der Waals surface area contributed by atoms with Crippen molar-refractivity contribution < 1.29 is 0 Å². The van der Waals surface area contributed by atoms with Gasteiger partial charge in [-0.25, -0.2) is 9.78 Å². The third kappa shape index (κ3) is 3.27. The van der Waals surface area contributed by atoms with Crippen LogP contribution in [0.5, 0.6) is 0 Å². The molecule has 0 saturated carbocycles. The first kappa shape index (κ1) is 13.0. The van der Waals surface area contributed by atoms with Crippen molar-refractivity contribution in [2.24, 2.45) is 0 Å². The summed E-state index contributed by atoms with van der Waals surface area (Å²) in [6, 6.07) is 0. The van der Waals surface area contributed by atoms with Crippen LogP contribution in [0, 0.1) is 0 Å². The predicted octanol–water partition coefficient (Wildman–Crippen LogP) is 1.62. The van der Waals surface area contributed by atoms with Gasteiger partial charge in [0.2, 0.25) is 5.13 Å². The fraction of sp³-hybridized carbons (Fsp3) is 0.400. The zero-order valence-electron chi connectivity index (χ0n) is 9.76. The van der Waals surface area contributed by atoms with Crippen LogP contribution in [0.2, 0.25) is 5.02 Å². The van der Waals surface area contributed by atoms with E-state index in [1.54, 1.807) is 0 Å². The van der Waals surface area contributed by atoms with Crippen LogP contribution in [0.3, 0.4) is 0 Å². The molecule has 0 amide bonds. The lowest BCUT2D eigenvalue weighted by Gasteiger charge is -2.01. The molecule has 0 aliphatic carbocycles. The molecule has 0 radical (unpaired) electrons. The highest BCUT2D eigenvalue weighted by molar-refractivity contribution is 7.15. The van der Waals surface area contributed by atoms with Crippen molar-refractivity contribution >= 4 is 28.1 Å². The van der Waals surface area contributed by atoms with E-state index in [1.807, 2.05) is 0 Å².